The van der Waals surface area contributed by atoms with Gasteiger partial charge in [0.05, 0.1) is 11.0 Å². The molecule has 2 aromatic carbocycles. The number of nitriles is 1. The van der Waals surface area contributed by atoms with Crippen molar-refractivity contribution >= 4 is 5.97 Å². The number of unbranched alkanes of at least 4 members (excludes halogenated alkanes) is 3. The lowest BCUT2D eigenvalue weighted by atomic mass is 9.69. The maximum atomic E-state index is 13.7. The third kappa shape index (κ3) is 6.72. The fourth-order valence-corrected chi connectivity index (χ4v) is 5.07. The topological polar surface area (TPSA) is 50.1 Å². The molecule has 0 radical (unpaired) electrons. The molecule has 3 nitrogen and oxygen atoms in total. The number of rotatable bonds is 11. The second-order valence-corrected chi connectivity index (χ2v) is 10.4. The fraction of sp³-hybridized carbons (Fsp3) is 0.548. The van der Waals surface area contributed by atoms with Crippen molar-refractivity contribution in [3.05, 3.63) is 64.7 Å². The summed E-state index contributed by atoms with van der Waals surface area (Å²) >= 11 is 0. The zero-order chi connectivity index (χ0) is 24.4. The van der Waals surface area contributed by atoms with E-state index in [1.54, 1.807) is 0 Å². The lowest BCUT2D eigenvalue weighted by Crippen LogP contribution is -2.41. The van der Waals surface area contributed by atoms with Gasteiger partial charge in [0.2, 0.25) is 0 Å². The first-order chi connectivity index (χ1) is 16.5. The van der Waals surface area contributed by atoms with Crippen molar-refractivity contribution in [3.8, 4) is 11.8 Å². The third-order valence-corrected chi connectivity index (χ3v) is 7.30. The molecule has 34 heavy (non-hydrogen) atoms. The molecule has 0 heterocycles. The molecule has 0 saturated heterocycles. The Balaban J connectivity index is 1.77. The average molecular weight is 460 g/mol. The van der Waals surface area contributed by atoms with Crippen LogP contribution in [0.5, 0.6) is 5.75 Å². The predicted molar refractivity (Wildman–Crippen MR) is 139 cm³/mol. The number of esters is 1. The smallest absolute Gasteiger partial charge is 0.321 e. The average Bonchev–Trinajstić information content (AvgIpc) is 2.86. The van der Waals surface area contributed by atoms with Crippen LogP contribution in [0, 0.1) is 17.2 Å². The fourth-order valence-electron chi connectivity index (χ4n) is 5.07. The van der Waals surface area contributed by atoms with Crippen molar-refractivity contribution in [2.75, 3.05) is 0 Å². The first kappa shape index (κ1) is 26.0. The molecule has 0 spiro atoms. The lowest BCUT2D eigenvalue weighted by molar-refractivity contribution is -0.142. The van der Waals surface area contributed by atoms with Gasteiger partial charge >= 0.3 is 5.97 Å². The molecule has 0 aliphatic heterocycles. The van der Waals surface area contributed by atoms with E-state index in [-0.39, 0.29) is 5.97 Å². The van der Waals surface area contributed by atoms with Gasteiger partial charge in [0.15, 0.2) is 0 Å². The number of aryl methyl sites for hydroxylation is 2. The van der Waals surface area contributed by atoms with E-state index in [1.165, 1.54) is 24.8 Å². The van der Waals surface area contributed by atoms with Gasteiger partial charge in [0.1, 0.15) is 11.8 Å². The van der Waals surface area contributed by atoms with E-state index in [1.807, 2.05) is 18.2 Å². The molecule has 0 unspecified atom stereocenters. The molecule has 1 saturated carbocycles. The summed E-state index contributed by atoms with van der Waals surface area (Å²) in [6.45, 7) is 6.70. The van der Waals surface area contributed by atoms with E-state index in [4.69, 9.17) is 4.74 Å². The van der Waals surface area contributed by atoms with Gasteiger partial charge in [-0.15, -0.1) is 0 Å². The molecule has 3 heteroatoms. The maximum absolute atomic E-state index is 13.7. The minimum Gasteiger partial charge on any atom is -0.424 e. The molecule has 0 bridgehead atoms. The Bertz CT molecular complexity index is 962. The Morgan fingerprint density at radius 2 is 1.68 bits per heavy atom. The molecule has 1 fully saturated rings. The van der Waals surface area contributed by atoms with Gasteiger partial charge in [-0.1, -0.05) is 89.6 Å². The number of hydrogen-bond acceptors (Lipinski definition) is 3. The highest BCUT2D eigenvalue weighted by molar-refractivity contribution is 5.85. The summed E-state index contributed by atoms with van der Waals surface area (Å²) in [4.78, 5) is 13.7. The Hall–Kier alpha value is -2.60. The van der Waals surface area contributed by atoms with Gasteiger partial charge in [0, 0.05) is 0 Å². The Morgan fingerprint density at radius 1 is 0.971 bits per heavy atom. The van der Waals surface area contributed by atoms with Gasteiger partial charge < -0.3 is 4.74 Å². The molecule has 0 aromatic heterocycles. The van der Waals surface area contributed by atoms with Gasteiger partial charge in [-0.05, 0) is 73.3 Å². The highest BCUT2D eigenvalue weighted by atomic mass is 16.5. The SMILES string of the molecule is CCCCCCc1ccc(OC(=O)C2(c3ccc(CCC(C)C)cc3)CCCCC2)c(C#N)c1. The molecule has 1 aliphatic rings. The van der Waals surface area contributed by atoms with Crippen LogP contribution in [0.4, 0.5) is 0 Å². The molecule has 0 N–H and O–H groups in total. The van der Waals surface area contributed by atoms with Crippen LogP contribution < -0.4 is 4.74 Å². The van der Waals surface area contributed by atoms with E-state index in [9.17, 15) is 10.1 Å². The Morgan fingerprint density at radius 3 is 2.32 bits per heavy atom. The van der Waals surface area contributed by atoms with Crippen LogP contribution in [-0.2, 0) is 23.1 Å². The molecule has 0 amide bonds. The van der Waals surface area contributed by atoms with Crippen molar-refractivity contribution in [2.45, 2.75) is 103 Å². The van der Waals surface area contributed by atoms with Crippen LogP contribution >= 0.6 is 0 Å². The van der Waals surface area contributed by atoms with E-state index in [0.29, 0.717) is 17.2 Å². The number of benzene rings is 2. The minimum absolute atomic E-state index is 0.214. The van der Waals surface area contributed by atoms with E-state index in [0.717, 1.165) is 68.9 Å². The summed E-state index contributed by atoms with van der Waals surface area (Å²) < 4.78 is 5.98. The van der Waals surface area contributed by atoms with E-state index >= 15 is 0 Å². The molecule has 0 atom stereocenters. The minimum atomic E-state index is -0.625. The largest absolute Gasteiger partial charge is 0.424 e. The van der Waals surface area contributed by atoms with E-state index in [2.05, 4.69) is 51.1 Å². The Kier molecular flexibility index (Phi) is 9.75. The van der Waals surface area contributed by atoms with Crippen molar-refractivity contribution in [1.29, 1.82) is 5.26 Å². The highest BCUT2D eigenvalue weighted by Gasteiger charge is 2.43. The standard InChI is InChI=1S/C31H41NO2/c1-4-5-6-8-11-26-16-19-29(27(22-26)23-32)34-30(33)31(20-9-7-10-21-31)28-17-14-25(15-18-28)13-12-24(2)3/h14-19,22,24H,4-13,20-21H2,1-3H3. The molecule has 2 aromatic rings. The summed E-state index contributed by atoms with van der Waals surface area (Å²) in [5.74, 6) is 0.856. The van der Waals surface area contributed by atoms with Gasteiger partial charge in [-0.2, -0.15) is 5.26 Å². The van der Waals surface area contributed by atoms with Crippen molar-refractivity contribution in [2.24, 2.45) is 5.92 Å². The lowest BCUT2D eigenvalue weighted by Gasteiger charge is -2.35. The first-order valence-corrected chi connectivity index (χ1v) is 13.3. The van der Waals surface area contributed by atoms with E-state index < -0.39 is 5.41 Å². The van der Waals surface area contributed by atoms with Gasteiger partial charge in [-0.25, -0.2) is 0 Å². The zero-order valence-corrected chi connectivity index (χ0v) is 21.4. The van der Waals surface area contributed by atoms with Crippen molar-refractivity contribution in [1.82, 2.24) is 0 Å². The first-order valence-electron chi connectivity index (χ1n) is 13.3. The van der Waals surface area contributed by atoms with Gasteiger partial charge in [-0.3, -0.25) is 4.79 Å². The third-order valence-electron chi connectivity index (χ3n) is 7.30. The number of nitrogens with zero attached hydrogens (tertiary/aromatic N) is 1. The number of carbonyl (C=O) groups is 1. The maximum Gasteiger partial charge on any atom is 0.321 e. The molecular formula is C31H41NO2. The molecule has 3 rings (SSSR count). The van der Waals surface area contributed by atoms with Crippen LogP contribution in [0.15, 0.2) is 42.5 Å². The van der Waals surface area contributed by atoms with Crippen LogP contribution in [-0.4, -0.2) is 5.97 Å². The summed E-state index contributed by atoms with van der Waals surface area (Å²) in [5, 5.41) is 9.74. The quantitative estimate of drug-likeness (QED) is 0.194. The summed E-state index contributed by atoms with van der Waals surface area (Å²) in [6, 6.07) is 16.6. The van der Waals surface area contributed by atoms with Crippen LogP contribution in [0.1, 0.15) is 107 Å². The zero-order valence-electron chi connectivity index (χ0n) is 21.4. The van der Waals surface area contributed by atoms with Gasteiger partial charge in [0.25, 0.3) is 0 Å². The summed E-state index contributed by atoms with van der Waals surface area (Å²) in [5.41, 5.74) is 3.34. The van der Waals surface area contributed by atoms with Crippen LogP contribution in [0.25, 0.3) is 0 Å². The number of ether oxygens (including phenoxy) is 1. The monoisotopic (exact) mass is 459 g/mol. The molecular weight excluding hydrogens is 418 g/mol. The van der Waals surface area contributed by atoms with Crippen LogP contribution in [0.2, 0.25) is 0 Å². The second kappa shape index (κ2) is 12.7. The number of hydrogen-bond donors (Lipinski definition) is 0. The highest BCUT2D eigenvalue weighted by Crippen LogP contribution is 2.41. The Labute approximate surface area is 206 Å². The summed E-state index contributed by atoms with van der Waals surface area (Å²) in [7, 11) is 0. The molecule has 182 valence electrons. The van der Waals surface area contributed by atoms with Crippen molar-refractivity contribution in [3.63, 3.8) is 0 Å². The van der Waals surface area contributed by atoms with Crippen molar-refractivity contribution < 1.29 is 9.53 Å². The normalized spacial score (nSPS) is 15.1. The summed E-state index contributed by atoms with van der Waals surface area (Å²) in [6.07, 6.45) is 12.7. The molecule has 1 aliphatic carbocycles. The predicted octanol–water partition coefficient (Wildman–Crippen LogP) is 8.08. The number of carbonyl (C=O) groups excluding carboxylic acids is 1. The van der Waals surface area contributed by atoms with Crippen LogP contribution in [0.3, 0.4) is 0 Å². The second-order valence-electron chi connectivity index (χ2n) is 10.4.